The van der Waals surface area contributed by atoms with E-state index in [1.165, 1.54) is 24.3 Å². The van der Waals surface area contributed by atoms with Gasteiger partial charge in [-0.1, -0.05) is 12.1 Å². The lowest BCUT2D eigenvalue weighted by Gasteiger charge is -2.34. The number of piperazine rings is 1. The number of halogens is 1. The molecule has 0 aliphatic carbocycles. The summed E-state index contributed by atoms with van der Waals surface area (Å²) in [7, 11) is 0. The summed E-state index contributed by atoms with van der Waals surface area (Å²) in [6.45, 7) is 5.05. The number of anilines is 1. The first-order valence-corrected chi connectivity index (χ1v) is 9.74. The molecule has 154 valence electrons. The lowest BCUT2D eigenvalue weighted by Crippen LogP contribution is -2.50. The summed E-state index contributed by atoms with van der Waals surface area (Å²) in [4.78, 5) is 28.3. The van der Waals surface area contributed by atoms with Crippen LogP contribution < -0.4 is 10.1 Å². The van der Waals surface area contributed by atoms with Crippen molar-refractivity contribution in [1.29, 1.82) is 0 Å². The molecule has 0 aromatic heterocycles. The maximum Gasteiger partial charge on any atom is 0.238 e. The molecule has 7 heteroatoms. The van der Waals surface area contributed by atoms with Crippen LogP contribution in [0.15, 0.2) is 48.5 Å². The number of nitrogens with zero attached hydrogens (tertiary/aromatic N) is 2. The Labute approximate surface area is 170 Å². The summed E-state index contributed by atoms with van der Waals surface area (Å²) in [5.74, 6) is 0.346. The van der Waals surface area contributed by atoms with Crippen molar-refractivity contribution in [2.24, 2.45) is 0 Å². The van der Waals surface area contributed by atoms with E-state index in [4.69, 9.17) is 4.74 Å². The van der Waals surface area contributed by atoms with E-state index < -0.39 is 0 Å². The highest BCUT2D eigenvalue weighted by Crippen LogP contribution is 2.13. The van der Waals surface area contributed by atoms with Gasteiger partial charge >= 0.3 is 0 Å². The molecule has 3 rings (SSSR count). The summed E-state index contributed by atoms with van der Waals surface area (Å²) in [5, 5.41) is 2.75. The quantitative estimate of drug-likeness (QED) is 0.778. The molecular formula is C22H26FN3O3. The average molecular weight is 399 g/mol. The number of carbonyl (C=O) groups excluding carboxylic acids is 2. The van der Waals surface area contributed by atoms with Gasteiger partial charge in [0.2, 0.25) is 11.8 Å². The molecule has 0 unspecified atom stereocenters. The van der Waals surface area contributed by atoms with E-state index >= 15 is 0 Å². The van der Waals surface area contributed by atoms with Crippen LogP contribution >= 0.6 is 0 Å². The van der Waals surface area contributed by atoms with Crippen LogP contribution in [0.4, 0.5) is 10.1 Å². The fourth-order valence-electron chi connectivity index (χ4n) is 3.21. The minimum Gasteiger partial charge on any atom is -0.493 e. The fourth-order valence-corrected chi connectivity index (χ4v) is 3.21. The second kappa shape index (κ2) is 10.0. The first-order chi connectivity index (χ1) is 14.0. The molecule has 0 saturated carbocycles. The minimum absolute atomic E-state index is 0.0630. The summed E-state index contributed by atoms with van der Waals surface area (Å²) in [5.41, 5.74) is 1.69. The maximum absolute atomic E-state index is 12.9. The lowest BCUT2D eigenvalue weighted by atomic mass is 10.2. The van der Waals surface area contributed by atoms with Gasteiger partial charge in [0.1, 0.15) is 11.6 Å². The standard InChI is InChI=1S/C22H26FN3O3/c1-17-3-2-4-20(15-17)29-14-9-22(28)26-12-10-25(11-13-26)16-21(27)24-19-7-5-18(23)6-8-19/h2-8,15H,9-14,16H2,1H3,(H,24,27). The first-order valence-electron chi connectivity index (χ1n) is 9.74. The minimum atomic E-state index is -0.340. The van der Waals surface area contributed by atoms with Gasteiger partial charge in [-0.25, -0.2) is 4.39 Å². The molecule has 0 radical (unpaired) electrons. The SMILES string of the molecule is Cc1cccc(OCCC(=O)N2CCN(CC(=O)Nc3ccc(F)cc3)CC2)c1. The molecule has 1 N–H and O–H groups in total. The Morgan fingerprint density at radius 1 is 1.07 bits per heavy atom. The van der Waals surface area contributed by atoms with Gasteiger partial charge in [0, 0.05) is 31.9 Å². The summed E-state index contributed by atoms with van der Waals surface area (Å²) < 4.78 is 18.6. The van der Waals surface area contributed by atoms with Crippen molar-refractivity contribution >= 4 is 17.5 Å². The summed E-state index contributed by atoms with van der Waals surface area (Å²) in [6, 6.07) is 13.4. The number of ether oxygens (including phenoxy) is 1. The van der Waals surface area contributed by atoms with Gasteiger partial charge in [0.05, 0.1) is 19.6 Å². The molecule has 1 saturated heterocycles. The Kier molecular flexibility index (Phi) is 7.19. The number of amides is 2. The van der Waals surface area contributed by atoms with Crippen molar-refractivity contribution in [2.75, 3.05) is 44.6 Å². The van der Waals surface area contributed by atoms with Gasteiger partial charge in [-0.3, -0.25) is 14.5 Å². The third-order valence-corrected chi connectivity index (χ3v) is 4.79. The Morgan fingerprint density at radius 3 is 2.48 bits per heavy atom. The van der Waals surface area contributed by atoms with Crippen molar-refractivity contribution in [2.45, 2.75) is 13.3 Å². The Morgan fingerprint density at radius 2 is 1.79 bits per heavy atom. The van der Waals surface area contributed by atoms with E-state index in [1.807, 2.05) is 41.0 Å². The zero-order chi connectivity index (χ0) is 20.6. The number of hydrogen-bond acceptors (Lipinski definition) is 4. The van der Waals surface area contributed by atoms with Crippen LogP contribution in [0, 0.1) is 12.7 Å². The van der Waals surface area contributed by atoms with Crippen molar-refractivity contribution in [3.8, 4) is 5.75 Å². The van der Waals surface area contributed by atoms with Crippen molar-refractivity contribution in [3.05, 3.63) is 59.9 Å². The number of benzene rings is 2. The Balaban J connectivity index is 1.35. The molecule has 6 nitrogen and oxygen atoms in total. The van der Waals surface area contributed by atoms with Crippen molar-refractivity contribution in [1.82, 2.24) is 9.80 Å². The highest BCUT2D eigenvalue weighted by molar-refractivity contribution is 5.92. The van der Waals surface area contributed by atoms with Crippen LogP contribution in [0.5, 0.6) is 5.75 Å². The highest BCUT2D eigenvalue weighted by atomic mass is 19.1. The van der Waals surface area contributed by atoms with Crippen LogP contribution in [0.1, 0.15) is 12.0 Å². The smallest absolute Gasteiger partial charge is 0.238 e. The lowest BCUT2D eigenvalue weighted by molar-refractivity contribution is -0.133. The molecule has 29 heavy (non-hydrogen) atoms. The molecule has 0 spiro atoms. The van der Waals surface area contributed by atoms with E-state index in [0.717, 1.165) is 11.3 Å². The van der Waals surface area contributed by atoms with E-state index in [-0.39, 0.29) is 24.2 Å². The van der Waals surface area contributed by atoms with Crippen molar-refractivity contribution < 1.29 is 18.7 Å². The number of carbonyl (C=O) groups is 2. The predicted molar refractivity (Wildman–Crippen MR) is 109 cm³/mol. The first kappa shape index (κ1) is 20.8. The van der Waals surface area contributed by atoms with Crippen LogP contribution in [0.2, 0.25) is 0 Å². The molecule has 0 bridgehead atoms. The Hall–Kier alpha value is -2.93. The van der Waals surface area contributed by atoms with Gasteiger partial charge in [-0.05, 0) is 48.9 Å². The zero-order valence-electron chi connectivity index (χ0n) is 16.6. The largest absolute Gasteiger partial charge is 0.493 e. The second-order valence-electron chi connectivity index (χ2n) is 7.13. The fraction of sp³-hybridized carbons (Fsp3) is 0.364. The molecular weight excluding hydrogens is 373 g/mol. The summed E-state index contributed by atoms with van der Waals surface area (Å²) in [6.07, 6.45) is 0.332. The Bertz CT molecular complexity index is 833. The third-order valence-electron chi connectivity index (χ3n) is 4.79. The molecule has 2 aromatic carbocycles. The number of nitrogens with one attached hydrogen (secondary N) is 1. The second-order valence-corrected chi connectivity index (χ2v) is 7.13. The monoisotopic (exact) mass is 399 g/mol. The van der Waals surface area contributed by atoms with E-state index in [0.29, 0.717) is 44.9 Å². The molecule has 1 aliphatic rings. The number of rotatable bonds is 7. The van der Waals surface area contributed by atoms with Crippen LogP contribution in [-0.4, -0.2) is 60.9 Å². The normalized spacial score (nSPS) is 14.5. The topological polar surface area (TPSA) is 61.9 Å². The van der Waals surface area contributed by atoms with Crippen LogP contribution in [0.25, 0.3) is 0 Å². The van der Waals surface area contributed by atoms with E-state index in [1.54, 1.807) is 0 Å². The maximum atomic E-state index is 12.9. The predicted octanol–water partition coefficient (Wildman–Crippen LogP) is 2.69. The number of hydrogen-bond donors (Lipinski definition) is 1. The van der Waals surface area contributed by atoms with Gasteiger partial charge < -0.3 is 15.0 Å². The summed E-state index contributed by atoms with van der Waals surface area (Å²) >= 11 is 0. The van der Waals surface area contributed by atoms with Crippen LogP contribution in [0.3, 0.4) is 0 Å². The molecule has 1 fully saturated rings. The van der Waals surface area contributed by atoms with Crippen LogP contribution in [-0.2, 0) is 9.59 Å². The molecule has 0 atom stereocenters. The third kappa shape index (κ3) is 6.57. The number of aryl methyl sites for hydroxylation is 1. The zero-order valence-corrected chi connectivity index (χ0v) is 16.6. The van der Waals surface area contributed by atoms with E-state index in [2.05, 4.69) is 5.32 Å². The van der Waals surface area contributed by atoms with E-state index in [9.17, 15) is 14.0 Å². The molecule has 2 amide bonds. The molecule has 1 aliphatic heterocycles. The van der Waals surface area contributed by atoms with Crippen molar-refractivity contribution in [3.63, 3.8) is 0 Å². The highest BCUT2D eigenvalue weighted by Gasteiger charge is 2.22. The molecule has 1 heterocycles. The van der Waals surface area contributed by atoms with Gasteiger partial charge in [-0.2, -0.15) is 0 Å². The molecule has 2 aromatic rings. The van der Waals surface area contributed by atoms with Gasteiger partial charge in [0.25, 0.3) is 0 Å². The average Bonchev–Trinajstić information content (AvgIpc) is 2.70. The van der Waals surface area contributed by atoms with Gasteiger partial charge in [-0.15, -0.1) is 0 Å². The van der Waals surface area contributed by atoms with Gasteiger partial charge in [0.15, 0.2) is 0 Å².